The molecule has 0 bridgehead atoms. The van der Waals surface area contributed by atoms with Crippen LogP contribution in [-0.4, -0.2) is 39.9 Å². The normalized spacial score (nSPS) is 17.8. The Hall–Kier alpha value is -2.57. The van der Waals surface area contributed by atoms with Gasteiger partial charge >= 0.3 is 6.18 Å². The van der Waals surface area contributed by atoms with Crippen LogP contribution < -0.4 is 10.8 Å². The topological polar surface area (TPSA) is 98.7 Å². The third-order valence-electron chi connectivity index (χ3n) is 4.71. The number of carbonyl (C=O) groups is 2. The van der Waals surface area contributed by atoms with Crippen LogP contribution in [-0.2, 0) is 4.79 Å². The third kappa shape index (κ3) is 5.03. The maximum Gasteiger partial charge on any atom is 0.419 e. The van der Waals surface area contributed by atoms with E-state index in [2.05, 4.69) is 11.8 Å². The van der Waals surface area contributed by atoms with Gasteiger partial charge in [0.15, 0.2) is 5.60 Å². The van der Waals surface area contributed by atoms with Crippen LogP contribution >= 0.6 is 0 Å². The average Bonchev–Trinajstić information content (AvgIpc) is 3.16. The van der Waals surface area contributed by atoms with Crippen molar-refractivity contribution < 1.29 is 33.1 Å². The molecule has 0 spiro atoms. The van der Waals surface area contributed by atoms with Crippen LogP contribution in [0.1, 0.15) is 48.5 Å². The SMILES string of the molecule is C[C@](O)([C@H](NC(=O)c1ccc(C#CC2CCCC2)cc1)C(=O)NO)C(F)(F)F. The summed E-state index contributed by atoms with van der Waals surface area (Å²) >= 11 is 0. The van der Waals surface area contributed by atoms with Crippen molar-refractivity contribution in [2.75, 3.05) is 0 Å². The fraction of sp³-hybridized carbons (Fsp3) is 0.474. The summed E-state index contributed by atoms with van der Waals surface area (Å²) in [6.07, 6.45) is -0.801. The van der Waals surface area contributed by atoms with Crippen molar-refractivity contribution >= 4 is 11.8 Å². The first-order valence-corrected chi connectivity index (χ1v) is 8.71. The van der Waals surface area contributed by atoms with Crippen molar-refractivity contribution in [3.05, 3.63) is 35.4 Å². The van der Waals surface area contributed by atoms with Crippen LogP contribution in [0.5, 0.6) is 0 Å². The number of rotatable bonds is 4. The van der Waals surface area contributed by atoms with E-state index >= 15 is 0 Å². The second kappa shape index (κ2) is 8.63. The molecule has 0 heterocycles. The second-order valence-electron chi connectivity index (χ2n) is 6.86. The molecule has 4 N–H and O–H groups in total. The molecule has 0 radical (unpaired) electrons. The van der Waals surface area contributed by atoms with Crippen LogP contribution in [0.25, 0.3) is 0 Å². The summed E-state index contributed by atoms with van der Waals surface area (Å²) in [5.74, 6) is 3.88. The van der Waals surface area contributed by atoms with Crippen LogP contribution in [0.4, 0.5) is 13.2 Å². The summed E-state index contributed by atoms with van der Waals surface area (Å²) in [6, 6.07) is 3.33. The van der Waals surface area contributed by atoms with Gasteiger partial charge in [0.25, 0.3) is 11.8 Å². The summed E-state index contributed by atoms with van der Waals surface area (Å²) < 4.78 is 39.1. The van der Waals surface area contributed by atoms with Crippen LogP contribution in [0, 0.1) is 17.8 Å². The molecule has 1 saturated carbocycles. The van der Waals surface area contributed by atoms with Gasteiger partial charge in [-0.3, -0.25) is 14.8 Å². The summed E-state index contributed by atoms with van der Waals surface area (Å²) in [5.41, 5.74) is -1.95. The lowest BCUT2D eigenvalue weighted by molar-refractivity contribution is -0.260. The van der Waals surface area contributed by atoms with E-state index in [0.717, 1.165) is 31.2 Å². The van der Waals surface area contributed by atoms with Gasteiger partial charge < -0.3 is 10.4 Å². The summed E-state index contributed by atoms with van der Waals surface area (Å²) in [7, 11) is 0. The van der Waals surface area contributed by atoms with Gasteiger partial charge in [-0.2, -0.15) is 13.2 Å². The number of nitrogens with one attached hydrogen (secondary N) is 2. The molecule has 1 fully saturated rings. The number of hydrogen-bond acceptors (Lipinski definition) is 4. The maximum absolute atomic E-state index is 13.0. The predicted octanol–water partition coefficient (Wildman–Crippen LogP) is 2.15. The first-order chi connectivity index (χ1) is 13.1. The number of aliphatic hydroxyl groups is 1. The molecule has 1 aliphatic carbocycles. The number of hydroxylamine groups is 1. The van der Waals surface area contributed by atoms with E-state index in [1.54, 1.807) is 12.1 Å². The van der Waals surface area contributed by atoms with Gasteiger partial charge in [0.1, 0.15) is 6.04 Å². The van der Waals surface area contributed by atoms with E-state index in [4.69, 9.17) is 5.21 Å². The van der Waals surface area contributed by atoms with Gasteiger partial charge in [-0.1, -0.05) is 24.7 Å². The van der Waals surface area contributed by atoms with E-state index < -0.39 is 29.6 Å². The minimum Gasteiger partial charge on any atom is -0.379 e. The van der Waals surface area contributed by atoms with Crippen molar-refractivity contribution in [3.63, 3.8) is 0 Å². The molecule has 0 aromatic heterocycles. The molecule has 1 aromatic rings. The van der Waals surface area contributed by atoms with Gasteiger partial charge in [-0.05, 0) is 44.0 Å². The molecule has 0 saturated heterocycles. The van der Waals surface area contributed by atoms with Crippen LogP contribution in [0.2, 0.25) is 0 Å². The summed E-state index contributed by atoms with van der Waals surface area (Å²) in [4.78, 5) is 23.8. The number of alkyl halides is 3. The van der Waals surface area contributed by atoms with E-state index in [-0.39, 0.29) is 5.56 Å². The molecular weight excluding hydrogens is 377 g/mol. The van der Waals surface area contributed by atoms with Crippen LogP contribution in [0.3, 0.4) is 0 Å². The lowest BCUT2D eigenvalue weighted by atomic mass is 9.94. The van der Waals surface area contributed by atoms with E-state index in [9.17, 15) is 27.9 Å². The van der Waals surface area contributed by atoms with E-state index in [1.807, 2.05) is 5.32 Å². The van der Waals surface area contributed by atoms with Crippen molar-refractivity contribution in [3.8, 4) is 11.8 Å². The molecule has 6 nitrogen and oxygen atoms in total. The molecule has 2 atom stereocenters. The van der Waals surface area contributed by atoms with E-state index in [0.29, 0.717) is 18.4 Å². The van der Waals surface area contributed by atoms with Gasteiger partial charge in [0, 0.05) is 17.0 Å². The minimum absolute atomic E-state index is 0.0277. The zero-order valence-electron chi connectivity index (χ0n) is 15.1. The summed E-state index contributed by atoms with van der Waals surface area (Å²) in [6.45, 7) is 0.328. The highest BCUT2D eigenvalue weighted by molar-refractivity contribution is 5.97. The highest BCUT2D eigenvalue weighted by Gasteiger charge is 2.58. The van der Waals surface area contributed by atoms with Gasteiger partial charge in [0.2, 0.25) is 0 Å². The van der Waals surface area contributed by atoms with Gasteiger partial charge in [0.05, 0.1) is 0 Å². The second-order valence-corrected chi connectivity index (χ2v) is 6.86. The minimum atomic E-state index is -5.23. The quantitative estimate of drug-likeness (QED) is 0.355. The largest absolute Gasteiger partial charge is 0.419 e. The zero-order valence-corrected chi connectivity index (χ0v) is 15.1. The highest BCUT2D eigenvalue weighted by atomic mass is 19.4. The molecule has 2 rings (SSSR count). The monoisotopic (exact) mass is 398 g/mol. The molecule has 152 valence electrons. The van der Waals surface area contributed by atoms with Crippen molar-refractivity contribution in [1.29, 1.82) is 0 Å². The summed E-state index contributed by atoms with van der Waals surface area (Å²) in [5, 5.41) is 20.2. The fourth-order valence-corrected chi connectivity index (χ4v) is 2.86. The lowest BCUT2D eigenvalue weighted by Gasteiger charge is -2.33. The Labute approximate surface area is 160 Å². The van der Waals surface area contributed by atoms with Crippen molar-refractivity contribution in [2.24, 2.45) is 5.92 Å². The van der Waals surface area contributed by atoms with Gasteiger partial charge in [-0.15, -0.1) is 0 Å². The predicted molar refractivity (Wildman–Crippen MR) is 93.1 cm³/mol. The Bertz CT molecular complexity index is 773. The molecular formula is C19H21F3N2O4. The Balaban J connectivity index is 2.13. The van der Waals surface area contributed by atoms with Crippen LogP contribution in [0.15, 0.2) is 24.3 Å². The number of halogens is 3. The lowest BCUT2D eigenvalue weighted by Crippen LogP contribution is -2.64. The standard InChI is InChI=1S/C19H21F3N2O4/c1-18(27,19(20,21)22)15(17(26)24-28)23-16(25)14-10-8-13(9-11-14)7-6-12-4-2-3-5-12/h8-12,15,27-28H,2-5H2,1H3,(H,23,25)(H,24,26)/t15-,18+/m1/s1. The number of carbonyl (C=O) groups excluding carboxylic acids is 2. The Kier molecular flexibility index (Phi) is 6.69. The Morgan fingerprint density at radius 3 is 2.25 bits per heavy atom. The molecule has 28 heavy (non-hydrogen) atoms. The fourth-order valence-electron chi connectivity index (χ4n) is 2.86. The van der Waals surface area contributed by atoms with E-state index in [1.165, 1.54) is 12.1 Å². The van der Waals surface area contributed by atoms with Crippen molar-refractivity contribution in [1.82, 2.24) is 10.8 Å². The number of benzene rings is 1. The zero-order chi connectivity index (χ0) is 20.9. The first kappa shape index (κ1) is 21.7. The average molecular weight is 398 g/mol. The highest BCUT2D eigenvalue weighted by Crippen LogP contribution is 2.33. The molecule has 9 heteroatoms. The number of amides is 2. The molecule has 1 aromatic carbocycles. The van der Waals surface area contributed by atoms with Gasteiger partial charge in [-0.25, -0.2) is 5.48 Å². The van der Waals surface area contributed by atoms with Crippen molar-refractivity contribution in [2.45, 2.75) is 50.4 Å². The molecule has 0 unspecified atom stereocenters. The third-order valence-corrected chi connectivity index (χ3v) is 4.71. The Morgan fingerprint density at radius 1 is 1.18 bits per heavy atom. The molecule has 2 amide bonds. The number of hydrogen-bond donors (Lipinski definition) is 4. The smallest absolute Gasteiger partial charge is 0.379 e. The first-order valence-electron chi connectivity index (χ1n) is 8.71. The maximum atomic E-state index is 13.0. The molecule has 1 aliphatic rings. The Morgan fingerprint density at radius 2 is 1.75 bits per heavy atom. The molecule has 0 aliphatic heterocycles.